The van der Waals surface area contributed by atoms with Crippen LogP contribution in [-0.4, -0.2) is 44.6 Å². The summed E-state index contributed by atoms with van der Waals surface area (Å²) in [7, 11) is -3.53. The highest BCUT2D eigenvalue weighted by molar-refractivity contribution is 7.87. The van der Waals surface area contributed by atoms with Gasteiger partial charge in [0, 0.05) is 25.7 Å². The molecule has 0 aromatic heterocycles. The van der Waals surface area contributed by atoms with Gasteiger partial charge in [-0.15, -0.1) is 0 Å². The topological polar surface area (TPSA) is 84.7 Å². The molecule has 2 rings (SSSR count). The zero-order valence-corrected chi connectivity index (χ0v) is 13.2. The van der Waals surface area contributed by atoms with E-state index in [-0.39, 0.29) is 24.8 Å². The monoisotopic (exact) mass is 313 g/mol. The third kappa shape index (κ3) is 4.49. The molecular formula is C14H23N3O3S. The van der Waals surface area contributed by atoms with E-state index in [1.807, 2.05) is 44.2 Å². The van der Waals surface area contributed by atoms with Gasteiger partial charge in [-0.25, -0.2) is 4.72 Å². The van der Waals surface area contributed by atoms with E-state index in [1.165, 1.54) is 4.31 Å². The second-order valence-electron chi connectivity index (χ2n) is 5.44. The van der Waals surface area contributed by atoms with Gasteiger partial charge in [0.25, 0.3) is 10.2 Å². The molecule has 0 unspecified atom stereocenters. The standard InChI is InChI=1S/C14H23N3O3S/c1-11-9-17(10-12(2)20-11)21(18,19)16-8-14(15)13-6-4-3-5-7-13/h3-7,11-12,14,16H,8-10,15H2,1-2H3/t11-,12-,14-/m1/s1. The fourth-order valence-corrected chi connectivity index (χ4v) is 3.82. The number of nitrogens with two attached hydrogens (primary N) is 1. The van der Waals surface area contributed by atoms with Crippen molar-refractivity contribution in [3.63, 3.8) is 0 Å². The molecule has 1 aliphatic rings. The maximum atomic E-state index is 12.3. The molecular weight excluding hydrogens is 290 g/mol. The van der Waals surface area contributed by atoms with E-state index in [0.29, 0.717) is 13.1 Å². The van der Waals surface area contributed by atoms with Crippen LogP contribution in [0.1, 0.15) is 25.5 Å². The Bertz CT molecular complexity index is 540. The molecule has 118 valence electrons. The van der Waals surface area contributed by atoms with Crippen molar-refractivity contribution in [3.8, 4) is 0 Å². The van der Waals surface area contributed by atoms with E-state index in [9.17, 15) is 8.42 Å². The zero-order chi connectivity index (χ0) is 15.5. The van der Waals surface area contributed by atoms with Crippen LogP contribution in [0.3, 0.4) is 0 Å². The summed E-state index contributed by atoms with van der Waals surface area (Å²) in [5.41, 5.74) is 6.92. The summed E-state index contributed by atoms with van der Waals surface area (Å²) in [5, 5.41) is 0. The lowest BCUT2D eigenvalue weighted by Crippen LogP contribution is -2.52. The third-order valence-electron chi connectivity index (χ3n) is 3.44. The smallest absolute Gasteiger partial charge is 0.279 e. The summed E-state index contributed by atoms with van der Waals surface area (Å²) in [6, 6.07) is 9.08. The van der Waals surface area contributed by atoms with Gasteiger partial charge in [-0.05, 0) is 19.4 Å². The van der Waals surface area contributed by atoms with Crippen molar-refractivity contribution in [1.29, 1.82) is 0 Å². The highest BCUT2D eigenvalue weighted by Gasteiger charge is 2.30. The lowest BCUT2D eigenvalue weighted by molar-refractivity contribution is -0.0443. The Hall–Kier alpha value is -0.990. The van der Waals surface area contributed by atoms with Crippen molar-refractivity contribution in [2.24, 2.45) is 5.73 Å². The van der Waals surface area contributed by atoms with E-state index < -0.39 is 10.2 Å². The number of nitrogens with zero attached hydrogens (tertiary/aromatic N) is 1. The van der Waals surface area contributed by atoms with Crippen molar-refractivity contribution < 1.29 is 13.2 Å². The maximum Gasteiger partial charge on any atom is 0.279 e. The second kappa shape index (κ2) is 6.85. The zero-order valence-electron chi connectivity index (χ0n) is 12.4. The van der Waals surface area contributed by atoms with Crippen molar-refractivity contribution in [1.82, 2.24) is 9.03 Å². The average molecular weight is 313 g/mol. The molecule has 1 aromatic carbocycles. The number of nitrogens with one attached hydrogen (secondary N) is 1. The summed E-state index contributed by atoms with van der Waals surface area (Å²) >= 11 is 0. The minimum absolute atomic E-state index is 0.104. The van der Waals surface area contributed by atoms with Gasteiger partial charge in [-0.2, -0.15) is 12.7 Å². The molecule has 21 heavy (non-hydrogen) atoms. The lowest BCUT2D eigenvalue weighted by Gasteiger charge is -2.34. The Labute approximate surface area is 126 Å². The van der Waals surface area contributed by atoms with Crippen LogP contribution in [0, 0.1) is 0 Å². The lowest BCUT2D eigenvalue weighted by atomic mass is 10.1. The Morgan fingerprint density at radius 2 is 1.86 bits per heavy atom. The van der Waals surface area contributed by atoms with Crippen LogP contribution in [0.5, 0.6) is 0 Å². The molecule has 0 spiro atoms. The van der Waals surface area contributed by atoms with Gasteiger partial charge in [-0.1, -0.05) is 30.3 Å². The molecule has 0 radical (unpaired) electrons. The highest BCUT2D eigenvalue weighted by Crippen LogP contribution is 2.14. The largest absolute Gasteiger partial charge is 0.373 e. The predicted octanol–water partition coefficient (Wildman–Crippen LogP) is 0.630. The van der Waals surface area contributed by atoms with Crippen molar-refractivity contribution in [3.05, 3.63) is 35.9 Å². The summed E-state index contributed by atoms with van der Waals surface area (Å²) in [4.78, 5) is 0. The summed E-state index contributed by atoms with van der Waals surface area (Å²) < 4.78 is 34.2. The number of morpholine rings is 1. The van der Waals surface area contributed by atoms with Crippen LogP contribution in [0.4, 0.5) is 0 Å². The summed E-state index contributed by atoms with van der Waals surface area (Å²) in [5.74, 6) is 0. The second-order valence-corrected chi connectivity index (χ2v) is 7.20. The predicted molar refractivity (Wildman–Crippen MR) is 81.9 cm³/mol. The molecule has 1 aromatic rings. The van der Waals surface area contributed by atoms with Crippen molar-refractivity contribution in [2.75, 3.05) is 19.6 Å². The molecule has 0 amide bonds. The van der Waals surface area contributed by atoms with Crippen LogP contribution >= 0.6 is 0 Å². The molecule has 6 nitrogen and oxygen atoms in total. The van der Waals surface area contributed by atoms with Gasteiger partial charge in [-0.3, -0.25) is 0 Å². The van der Waals surface area contributed by atoms with E-state index in [0.717, 1.165) is 5.56 Å². The van der Waals surface area contributed by atoms with Crippen molar-refractivity contribution >= 4 is 10.2 Å². The summed E-state index contributed by atoms with van der Waals surface area (Å²) in [6.07, 6.45) is -0.207. The third-order valence-corrected chi connectivity index (χ3v) is 4.95. The van der Waals surface area contributed by atoms with E-state index in [1.54, 1.807) is 0 Å². The van der Waals surface area contributed by atoms with Crippen LogP contribution in [0.2, 0.25) is 0 Å². The minimum atomic E-state index is -3.53. The van der Waals surface area contributed by atoms with Gasteiger partial charge >= 0.3 is 0 Å². The molecule has 1 heterocycles. The van der Waals surface area contributed by atoms with Gasteiger partial charge in [0.15, 0.2) is 0 Å². The van der Waals surface area contributed by atoms with Crippen LogP contribution in [0.25, 0.3) is 0 Å². The van der Waals surface area contributed by atoms with E-state index >= 15 is 0 Å². The number of hydrogen-bond donors (Lipinski definition) is 2. The first-order valence-corrected chi connectivity index (χ1v) is 8.53. The van der Waals surface area contributed by atoms with E-state index in [2.05, 4.69) is 4.72 Å². The van der Waals surface area contributed by atoms with E-state index in [4.69, 9.17) is 10.5 Å². The van der Waals surface area contributed by atoms with Crippen LogP contribution in [0.15, 0.2) is 30.3 Å². The SMILES string of the molecule is C[C@@H]1CN(S(=O)(=O)NC[C@@H](N)c2ccccc2)C[C@@H](C)O1. The number of ether oxygens (including phenoxy) is 1. The molecule has 1 aliphatic heterocycles. The first-order valence-electron chi connectivity index (χ1n) is 7.09. The molecule has 0 aliphatic carbocycles. The summed E-state index contributed by atoms with van der Waals surface area (Å²) in [6.45, 7) is 4.63. The fraction of sp³-hybridized carbons (Fsp3) is 0.571. The molecule has 0 bridgehead atoms. The number of rotatable bonds is 5. The molecule has 0 saturated carbocycles. The minimum Gasteiger partial charge on any atom is -0.373 e. The van der Waals surface area contributed by atoms with Crippen molar-refractivity contribution in [2.45, 2.75) is 32.1 Å². The molecule has 7 heteroatoms. The molecule has 3 N–H and O–H groups in total. The quantitative estimate of drug-likeness (QED) is 0.835. The Kier molecular flexibility index (Phi) is 5.34. The normalized spacial score (nSPS) is 25.7. The first kappa shape index (κ1) is 16.4. The Morgan fingerprint density at radius 1 is 1.29 bits per heavy atom. The fourth-order valence-electron chi connectivity index (χ4n) is 2.43. The number of benzene rings is 1. The Morgan fingerprint density at radius 3 is 2.43 bits per heavy atom. The van der Waals surface area contributed by atoms with Crippen LogP contribution in [-0.2, 0) is 14.9 Å². The Balaban J connectivity index is 1.95. The van der Waals surface area contributed by atoms with Gasteiger partial charge < -0.3 is 10.5 Å². The van der Waals surface area contributed by atoms with Crippen LogP contribution < -0.4 is 10.5 Å². The highest BCUT2D eigenvalue weighted by atomic mass is 32.2. The molecule has 3 atom stereocenters. The van der Waals surface area contributed by atoms with Gasteiger partial charge in [0.05, 0.1) is 12.2 Å². The molecule has 1 fully saturated rings. The number of hydrogen-bond acceptors (Lipinski definition) is 4. The van der Waals surface area contributed by atoms with Gasteiger partial charge in [0.2, 0.25) is 0 Å². The van der Waals surface area contributed by atoms with Gasteiger partial charge in [0.1, 0.15) is 0 Å². The average Bonchev–Trinajstić information content (AvgIpc) is 2.45. The maximum absolute atomic E-state index is 12.3. The molecule has 1 saturated heterocycles. The first-order chi connectivity index (χ1) is 9.88.